The number of halogens is 1. The predicted octanol–water partition coefficient (Wildman–Crippen LogP) is 3.24. The second-order valence-electron chi connectivity index (χ2n) is 4.47. The van der Waals surface area contributed by atoms with E-state index < -0.39 is 0 Å². The molecule has 0 unspecified atom stereocenters. The van der Waals surface area contributed by atoms with Gasteiger partial charge in [-0.1, -0.05) is 35.6 Å². The summed E-state index contributed by atoms with van der Waals surface area (Å²) in [5.41, 5.74) is 2.66. The third-order valence-electron chi connectivity index (χ3n) is 2.80. The summed E-state index contributed by atoms with van der Waals surface area (Å²) < 4.78 is 0. The Bertz CT molecular complexity index is 729. The van der Waals surface area contributed by atoms with Crippen molar-refractivity contribution in [1.82, 2.24) is 0 Å². The molecular formula is C17H14ClNO2. The number of carbonyl (C=O) groups is 1. The molecule has 0 bridgehead atoms. The fourth-order valence-corrected chi connectivity index (χ4v) is 2.05. The van der Waals surface area contributed by atoms with E-state index in [0.717, 1.165) is 5.56 Å². The van der Waals surface area contributed by atoms with Crippen molar-refractivity contribution in [2.45, 2.75) is 6.92 Å². The standard InChI is InChI=1S/C17H14ClNO2/c1-12-7-8-16(13(10-12)4-3-9-20)17(21)19-15-6-2-5-14(18)11-15/h2,5-8,10-11,20H,9H2,1H3,(H,19,21). The molecule has 0 aliphatic rings. The summed E-state index contributed by atoms with van der Waals surface area (Å²) in [6, 6.07) is 12.3. The highest BCUT2D eigenvalue weighted by atomic mass is 35.5. The monoisotopic (exact) mass is 299 g/mol. The number of rotatable bonds is 2. The van der Waals surface area contributed by atoms with E-state index >= 15 is 0 Å². The molecule has 2 rings (SSSR count). The third-order valence-corrected chi connectivity index (χ3v) is 3.04. The molecule has 2 aromatic carbocycles. The van der Waals surface area contributed by atoms with Gasteiger partial charge >= 0.3 is 0 Å². The number of nitrogens with one attached hydrogen (secondary N) is 1. The summed E-state index contributed by atoms with van der Waals surface area (Å²) in [6.45, 7) is 1.67. The Hall–Kier alpha value is -2.28. The summed E-state index contributed by atoms with van der Waals surface area (Å²) >= 11 is 5.89. The zero-order chi connectivity index (χ0) is 15.2. The minimum atomic E-state index is -0.264. The minimum absolute atomic E-state index is 0.247. The van der Waals surface area contributed by atoms with Crippen molar-refractivity contribution in [3.05, 3.63) is 64.2 Å². The van der Waals surface area contributed by atoms with Gasteiger partial charge in [-0.25, -0.2) is 0 Å². The van der Waals surface area contributed by atoms with Crippen LogP contribution in [0.2, 0.25) is 5.02 Å². The topological polar surface area (TPSA) is 49.3 Å². The van der Waals surface area contributed by atoms with Gasteiger partial charge in [0, 0.05) is 16.3 Å². The largest absolute Gasteiger partial charge is 0.384 e. The molecule has 0 aliphatic carbocycles. The lowest BCUT2D eigenvalue weighted by atomic mass is 10.0. The van der Waals surface area contributed by atoms with Crippen LogP contribution in [0.15, 0.2) is 42.5 Å². The fourth-order valence-electron chi connectivity index (χ4n) is 1.86. The number of hydrogen-bond acceptors (Lipinski definition) is 2. The van der Waals surface area contributed by atoms with Crippen LogP contribution in [0.1, 0.15) is 21.5 Å². The van der Waals surface area contributed by atoms with Gasteiger partial charge < -0.3 is 10.4 Å². The highest BCUT2D eigenvalue weighted by molar-refractivity contribution is 6.31. The average molecular weight is 300 g/mol. The van der Waals surface area contributed by atoms with Crippen molar-refractivity contribution < 1.29 is 9.90 Å². The quantitative estimate of drug-likeness (QED) is 0.836. The first-order valence-corrected chi connectivity index (χ1v) is 6.75. The molecule has 0 fully saturated rings. The maximum atomic E-state index is 12.3. The van der Waals surface area contributed by atoms with Crippen molar-refractivity contribution >= 4 is 23.2 Å². The first kappa shape index (κ1) is 15.1. The van der Waals surface area contributed by atoms with E-state index in [1.807, 2.05) is 19.1 Å². The Labute approximate surface area is 128 Å². The third kappa shape index (κ3) is 4.09. The minimum Gasteiger partial charge on any atom is -0.384 e. The van der Waals surface area contributed by atoms with Gasteiger partial charge in [0.25, 0.3) is 5.91 Å². The molecule has 0 aromatic heterocycles. The number of benzene rings is 2. The van der Waals surface area contributed by atoms with Crippen LogP contribution in [-0.4, -0.2) is 17.6 Å². The van der Waals surface area contributed by atoms with Gasteiger partial charge in [0.05, 0.1) is 5.56 Å². The van der Waals surface area contributed by atoms with Gasteiger partial charge in [0.15, 0.2) is 0 Å². The number of amides is 1. The van der Waals surface area contributed by atoms with Crippen molar-refractivity contribution in [3.63, 3.8) is 0 Å². The molecular weight excluding hydrogens is 286 g/mol. The predicted molar refractivity (Wildman–Crippen MR) is 84.5 cm³/mol. The highest BCUT2D eigenvalue weighted by Crippen LogP contribution is 2.17. The molecule has 2 N–H and O–H groups in total. The van der Waals surface area contributed by atoms with Crippen molar-refractivity contribution in [3.8, 4) is 11.8 Å². The van der Waals surface area contributed by atoms with Crippen molar-refractivity contribution in [2.75, 3.05) is 11.9 Å². The molecule has 0 saturated heterocycles. The van der Waals surface area contributed by atoms with Gasteiger partial charge in [-0.15, -0.1) is 0 Å². The average Bonchev–Trinajstić information content (AvgIpc) is 2.45. The van der Waals surface area contributed by atoms with Crippen molar-refractivity contribution in [2.24, 2.45) is 0 Å². The molecule has 21 heavy (non-hydrogen) atoms. The number of hydrogen-bond donors (Lipinski definition) is 2. The fraction of sp³-hybridized carbons (Fsp3) is 0.118. The van der Waals surface area contributed by atoms with Crippen LogP contribution in [0.5, 0.6) is 0 Å². The summed E-state index contributed by atoms with van der Waals surface area (Å²) in [5, 5.41) is 12.1. The van der Waals surface area contributed by atoms with Crippen LogP contribution in [-0.2, 0) is 0 Å². The van der Waals surface area contributed by atoms with E-state index in [4.69, 9.17) is 16.7 Å². The molecule has 106 valence electrons. The van der Waals surface area contributed by atoms with Gasteiger partial charge in [-0.2, -0.15) is 0 Å². The smallest absolute Gasteiger partial charge is 0.256 e. The molecule has 4 heteroatoms. The Morgan fingerprint density at radius 2 is 2.10 bits per heavy atom. The van der Waals surface area contributed by atoms with Crippen LogP contribution in [0.3, 0.4) is 0 Å². The lowest BCUT2D eigenvalue weighted by molar-refractivity contribution is 0.102. The second kappa shape index (κ2) is 6.94. The van der Waals surface area contributed by atoms with E-state index in [1.165, 1.54) is 0 Å². The number of aliphatic hydroxyl groups is 1. The summed E-state index contributed by atoms with van der Waals surface area (Å²) in [5.74, 6) is 5.10. The Morgan fingerprint density at radius 1 is 1.29 bits per heavy atom. The maximum Gasteiger partial charge on any atom is 0.256 e. The Balaban J connectivity index is 2.30. The van der Waals surface area contributed by atoms with Crippen LogP contribution < -0.4 is 5.32 Å². The molecule has 0 atom stereocenters. The number of aliphatic hydroxyl groups excluding tert-OH is 1. The molecule has 1 amide bonds. The van der Waals surface area contributed by atoms with Crippen molar-refractivity contribution in [1.29, 1.82) is 0 Å². The van der Waals surface area contributed by atoms with Crippen LogP contribution in [0.25, 0.3) is 0 Å². The zero-order valence-corrected chi connectivity index (χ0v) is 12.2. The summed E-state index contributed by atoms with van der Waals surface area (Å²) in [4.78, 5) is 12.3. The van der Waals surface area contributed by atoms with E-state index in [2.05, 4.69) is 17.2 Å². The molecule has 2 aromatic rings. The van der Waals surface area contributed by atoms with Crippen LogP contribution >= 0.6 is 11.6 Å². The molecule has 0 radical (unpaired) electrons. The summed E-state index contributed by atoms with van der Waals surface area (Å²) in [7, 11) is 0. The normalized spacial score (nSPS) is 9.67. The number of aryl methyl sites for hydroxylation is 1. The second-order valence-corrected chi connectivity index (χ2v) is 4.91. The lowest BCUT2D eigenvalue weighted by Crippen LogP contribution is -2.13. The molecule has 0 heterocycles. The Kier molecular flexibility index (Phi) is 4.99. The molecule has 3 nitrogen and oxygen atoms in total. The highest BCUT2D eigenvalue weighted by Gasteiger charge is 2.11. The van der Waals surface area contributed by atoms with E-state index in [1.54, 1.807) is 30.3 Å². The molecule has 0 aliphatic heterocycles. The van der Waals surface area contributed by atoms with E-state index in [9.17, 15) is 4.79 Å². The van der Waals surface area contributed by atoms with Gasteiger partial charge in [-0.3, -0.25) is 4.79 Å². The lowest BCUT2D eigenvalue weighted by Gasteiger charge is -2.08. The van der Waals surface area contributed by atoms with Gasteiger partial charge in [0.2, 0.25) is 0 Å². The van der Waals surface area contributed by atoms with Gasteiger partial charge in [0.1, 0.15) is 6.61 Å². The maximum absolute atomic E-state index is 12.3. The van der Waals surface area contributed by atoms with E-state index in [-0.39, 0.29) is 12.5 Å². The molecule has 0 saturated carbocycles. The number of carbonyl (C=O) groups excluding carboxylic acids is 1. The Morgan fingerprint density at radius 3 is 2.81 bits per heavy atom. The van der Waals surface area contributed by atoms with Crippen LogP contribution in [0.4, 0.5) is 5.69 Å². The zero-order valence-electron chi connectivity index (χ0n) is 11.5. The first-order valence-electron chi connectivity index (χ1n) is 6.37. The number of anilines is 1. The first-order chi connectivity index (χ1) is 10.1. The van der Waals surface area contributed by atoms with E-state index in [0.29, 0.717) is 21.8 Å². The SMILES string of the molecule is Cc1ccc(C(=O)Nc2cccc(Cl)c2)c(C#CCO)c1. The summed E-state index contributed by atoms with van der Waals surface area (Å²) in [6.07, 6.45) is 0. The molecule has 0 spiro atoms. The van der Waals surface area contributed by atoms with Crippen LogP contribution in [0, 0.1) is 18.8 Å². The van der Waals surface area contributed by atoms with Gasteiger partial charge in [-0.05, 0) is 42.8 Å².